The molecule has 0 aromatic heterocycles. The van der Waals surface area contributed by atoms with Gasteiger partial charge in [-0.3, -0.25) is 0 Å². The van der Waals surface area contributed by atoms with E-state index in [4.69, 9.17) is 28.4 Å². The summed E-state index contributed by atoms with van der Waals surface area (Å²) in [4.78, 5) is 0. The van der Waals surface area contributed by atoms with Crippen molar-refractivity contribution in [3.63, 3.8) is 0 Å². The molecule has 0 fully saturated rings. The first-order chi connectivity index (χ1) is 12.6. The van der Waals surface area contributed by atoms with E-state index >= 15 is 0 Å². The van der Waals surface area contributed by atoms with Crippen LogP contribution in [0.1, 0.15) is 17.2 Å². The normalized spacial score (nSPS) is 18.5. The zero-order valence-electron chi connectivity index (χ0n) is 15.7. The largest absolute Gasteiger partial charge is 0.496 e. The molecule has 6 nitrogen and oxygen atoms in total. The number of rotatable bonds is 6. The van der Waals surface area contributed by atoms with Crippen LogP contribution in [0.3, 0.4) is 0 Å². The van der Waals surface area contributed by atoms with Gasteiger partial charge in [0.2, 0.25) is 0 Å². The van der Waals surface area contributed by atoms with Gasteiger partial charge in [-0.2, -0.15) is 0 Å². The Morgan fingerprint density at radius 2 is 1.54 bits per heavy atom. The summed E-state index contributed by atoms with van der Waals surface area (Å²) >= 11 is 0. The Morgan fingerprint density at radius 3 is 2.15 bits per heavy atom. The van der Waals surface area contributed by atoms with Crippen molar-refractivity contribution in [1.29, 1.82) is 0 Å². The van der Waals surface area contributed by atoms with E-state index < -0.39 is 0 Å². The van der Waals surface area contributed by atoms with Crippen LogP contribution in [-0.2, 0) is 11.2 Å². The van der Waals surface area contributed by atoms with Crippen LogP contribution in [0.15, 0.2) is 30.3 Å². The quantitative estimate of drug-likeness (QED) is 0.787. The lowest BCUT2D eigenvalue weighted by atomic mass is 9.93. The molecule has 1 aliphatic rings. The third-order valence-corrected chi connectivity index (χ3v) is 4.63. The summed E-state index contributed by atoms with van der Waals surface area (Å²) in [5, 5.41) is 0. The van der Waals surface area contributed by atoms with Gasteiger partial charge >= 0.3 is 0 Å². The summed E-state index contributed by atoms with van der Waals surface area (Å²) in [5.41, 5.74) is 1.92. The van der Waals surface area contributed by atoms with Gasteiger partial charge in [0.15, 0.2) is 17.6 Å². The van der Waals surface area contributed by atoms with Crippen molar-refractivity contribution in [2.24, 2.45) is 0 Å². The molecule has 0 N–H and O–H groups in total. The Balaban J connectivity index is 2.02. The summed E-state index contributed by atoms with van der Waals surface area (Å²) in [6.07, 6.45) is 0.213. The standard InChI is InChI=1S/C20H24O6/c1-21-13-9-16(23-3)14-11-19(25-5)20(26-17(14)10-13)12-6-7-15(22-2)18(8-12)24-4/h6-10,19-20H,11H2,1-5H3. The highest BCUT2D eigenvalue weighted by Gasteiger charge is 2.34. The van der Waals surface area contributed by atoms with E-state index in [0.29, 0.717) is 23.7 Å². The molecule has 140 valence electrons. The minimum absolute atomic E-state index is 0.164. The maximum atomic E-state index is 6.30. The lowest BCUT2D eigenvalue weighted by Gasteiger charge is -2.34. The van der Waals surface area contributed by atoms with Gasteiger partial charge in [-0.15, -0.1) is 0 Å². The van der Waals surface area contributed by atoms with Crippen molar-refractivity contribution in [3.8, 4) is 28.7 Å². The molecule has 0 aliphatic carbocycles. The number of fused-ring (bicyclic) bond motifs is 1. The van der Waals surface area contributed by atoms with Crippen LogP contribution in [0, 0.1) is 0 Å². The van der Waals surface area contributed by atoms with Crippen LogP contribution in [-0.4, -0.2) is 41.7 Å². The van der Waals surface area contributed by atoms with Crippen molar-refractivity contribution in [3.05, 3.63) is 41.5 Å². The summed E-state index contributed by atoms with van der Waals surface area (Å²) in [5.74, 6) is 3.46. The van der Waals surface area contributed by atoms with Gasteiger partial charge in [-0.1, -0.05) is 6.07 Å². The summed E-state index contributed by atoms with van der Waals surface area (Å²) < 4.78 is 33.6. The van der Waals surface area contributed by atoms with E-state index in [0.717, 1.165) is 22.6 Å². The Labute approximate surface area is 153 Å². The van der Waals surface area contributed by atoms with Crippen molar-refractivity contribution in [1.82, 2.24) is 0 Å². The number of methoxy groups -OCH3 is 5. The summed E-state index contributed by atoms with van der Waals surface area (Å²) in [6.45, 7) is 0. The smallest absolute Gasteiger partial charge is 0.161 e. The maximum Gasteiger partial charge on any atom is 0.161 e. The minimum atomic E-state index is -0.288. The molecule has 0 bridgehead atoms. The van der Waals surface area contributed by atoms with Crippen LogP contribution in [0.5, 0.6) is 28.7 Å². The third-order valence-electron chi connectivity index (χ3n) is 4.63. The average Bonchev–Trinajstić information content (AvgIpc) is 2.71. The predicted molar refractivity (Wildman–Crippen MR) is 97.0 cm³/mol. The van der Waals surface area contributed by atoms with Crippen LogP contribution in [0.2, 0.25) is 0 Å². The number of hydrogen-bond acceptors (Lipinski definition) is 6. The van der Waals surface area contributed by atoms with Crippen LogP contribution < -0.4 is 23.7 Å². The molecule has 0 radical (unpaired) electrons. The van der Waals surface area contributed by atoms with Gasteiger partial charge in [-0.05, 0) is 17.7 Å². The number of benzene rings is 2. The van der Waals surface area contributed by atoms with E-state index in [1.165, 1.54) is 0 Å². The van der Waals surface area contributed by atoms with Crippen LogP contribution >= 0.6 is 0 Å². The molecule has 2 aromatic carbocycles. The lowest BCUT2D eigenvalue weighted by Crippen LogP contribution is -2.32. The molecule has 1 heterocycles. The van der Waals surface area contributed by atoms with Crippen molar-refractivity contribution >= 4 is 0 Å². The second-order valence-corrected chi connectivity index (χ2v) is 5.94. The Hall–Kier alpha value is -2.60. The molecule has 2 unspecified atom stereocenters. The molecule has 2 aromatic rings. The highest BCUT2D eigenvalue weighted by molar-refractivity contribution is 5.53. The minimum Gasteiger partial charge on any atom is -0.496 e. The maximum absolute atomic E-state index is 6.30. The molecule has 6 heteroatoms. The van der Waals surface area contributed by atoms with Crippen LogP contribution in [0.25, 0.3) is 0 Å². The molecule has 0 amide bonds. The fourth-order valence-electron chi connectivity index (χ4n) is 3.24. The molecule has 0 saturated carbocycles. The topological polar surface area (TPSA) is 55.4 Å². The first-order valence-corrected chi connectivity index (χ1v) is 8.31. The first kappa shape index (κ1) is 18.2. The Morgan fingerprint density at radius 1 is 0.808 bits per heavy atom. The molecular weight excluding hydrogens is 336 g/mol. The Bertz CT molecular complexity index is 773. The molecule has 2 atom stereocenters. The number of ether oxygens (including phenoxy) is 6. The predicted octanol–water partition coefficient (Wildman–Crippen LogP) is 3.41. The zero-order valence-corrected chi connectivity index (χ0v) is 15.7. The van der Waals surface area contributed by atoms with Gasteiger partial charge in [0.05, 0.1) is 28.4 Å². The van der Waals surface area contributed by atoms with Crippen molar-refractivity contribution < 1.29 is 28.4 Å². The molecule has 0 spiro atoms. The molecule has 3 rings (SSSR count). The molecule has 0 saturated heterocycles. The average molecular weight is 360 g/mol. The SMILES string of the molecule is COc1cc(OC)c2c(c1)OC(c1ccc(OC)c(OC)c1)C(OC)C2. The zero-order chi connectivity index (χ0) is 18.7. The summed E-state index contributed by atoms with van der Waals surface area (Å²) in [6, 6.07) is 9.47. The second kappa shape index (κ2) is 7.74. The van der Waals surface area contributed by atoms with Gasteiger partial charge in [0, 0.05) is 31.2 Å². The second-order valence-electron chi connectivity index (χ2n) is 5.94. The number of hydrogen-bond donors (Lipinski definition) is 0. The monoisotopic (exact) mass is 360 g/mol. The van der Waals surface area contributed by atoms with E-state index in [2.05, 4.69) is 0 Å². The fourth-order valence-corrected chi connectivity index (χ4v) is 3.24. The van der Waals surface area contributed by atoms with E-state index in [1.54, 1.807) is 35.5 Å². The van der Waals surface area contributed by atoms with E-state index in [-0.39, 0.29) is 12.2 Å². The van der Waals surface area contributed by atoms with Gasteiger partial charge in [-0.25, -0.2) is 0 Å². The molecule has 26 heavy (non-hydrogen) atoms. The van der Waals surface area contributed by atoms with Gasteiger partial charge in [0.25, 0.3) is 0 Å². The first-order valence-electron chi connectivity index (χ1n) is 8.31. The highest BCUT2D eigenvalue weighted by atomic mass is 16.5. The summed E-state index contributed by atoms with van der Waals surface area (Å²) in [7, 11) is 8.16. The molecule has 1 aliphatic heterocycles. The highest BCUT2D eigenvalue weighted by Crippen LogP contribution is 2.44. The fraction of sp³-hybridized carbons (Fsp3) is 0.400. The van der Waals surface area contributed by atoms with E-state index in [9.17, 15) is 0 Å². The van der Waals surface area contributed by atoms with E-state index in [1.807, 2.05) is 30.3 Å². The van der Waals surface area contributed by atoms with Gasteiger partial charge in [0.1, 0.15) is 23.4 Å². The van der Waals surface area contributed by atoms with Crippen molar-refractivity contribution in [2.75, 3.05) is 35.5 Å². The van der Waals surface area contributed by atoms with Gasteiger partial charge < -0.3 is 28.4 Å². The van der Waals surface area contributed by atoms with Crippen molar-refractivity contribution in [2.45, 2.75) is 18.6 Å². The van der Waals surface area contributed by atoms with Crippen LogP contribution in [0.4, 0.5) is 0 Å². The Kier molecular flexibility index (Phi) is 5.42. The lowest BCUT2D eigenvalue weighted by molar-refractivity contribution is -0.0122. The third kappa shape index (κ3) is 3.24. The molecular formula is C20H24O6.